The summed E-state index contributed by atoms with van der Waals surface area (Å²) in [6.45, 7) is 3.81. The summed E-state index contributed by atoms with van der Waals surface area (Å²) in [5, 5.41) is 5.74. The zero-order chi connectivity index (χ0) is 18.5. The Morgan fingerprint density at radius 3 is 2.62 bits per heavy atom. The highest BCUT2D eigenvalue weighted by Gasteiger charge is 2.09. The lowest BCUT2D eigenvalue weighted by atomic mass is 10.2. The summed E-state index contributed by atoms with van der Waals surface area (Å²) >= 11 is 2.93. The molecular formula is C19H19N3O2S2. The SMILES string of the molecule is CCC(=O)Nc1ccc2nc(SCC(=O)Nc3cccc(C)c3)sc2c1. The van der Waals surface area contributed by atoms with Gasteiger partial charge >= 0.3 is 0 Å². The maximum absolute atomic E-state index is 12.1. The number of nitrogens with one attached hydrogen (secondary N) is 2. The minimum Gasteiger partial charge on any atom is -0.326 e. The van der Waals surface area contributed by atoms with E-state index >= 15 is 0 Å². The monoisotopic (exact) mass is 385 g/mol. The number of thiazole rings is 1. The van der Waals surface area contributed by atoms with Crippen molar-refractivity contribution in [3.63, 3.8) is 0 Å². The van der Waals surface area contributed by atoms with Crippen molar-refractivity contribution in [3.8, 4) is 0 Å². The van der Waals surface area contributed by atoms with E-state index in [1.807, 2.05) is 56.3 Å². The lowest BCUT2D eigenvalue weighted by Crippen LogP contribution is -2.13. The Morgan fingerprint density at radius 1 is 1.08 bits per heavy atom. The van der Waals surface area contributed by atoms with Crippen LogP contribution < -0.4 is 10.6 Å². The molecule has 0 saturated heterocycles. The van der Waals surface area contributed by atoms with Gasteiger partial charge in [-0.2, -0.15) is 0 Å². The van der Waals surface area contributed by atoms with Crippen molar-refractivity contribution in [1.82, 2.24) is 4.98 Å². The molecule has 0 unspecified atom stereocenters. The molecule has 26 heavy (non-hydrogen) atoms. The third-order valence-electron chi connectivity index (χ3n) is 3.60. The summed E-state index contributed by atoms with van der Waals surface area (Å²) in [6.07, 6.45) is 0.442. The third-order valence-corrected chi connectivity index (χ3v) is 5.76. The third kappa shape index (κ3) is 4.83. The molecule has 2 N–H and O–H groups in total. The average molecular weight is 386 g/mol. The van der Waals surface area contributed by atoms with Crippen molar-refractivity contribution in [2.45, 2.75) is 24.6 Å². The number of aryl methyl sites for hydroxylation is 1. The lowest BCUT2D eigenvalue weighted by molar-refractivity contribution is -0.116. The maximum Gasteiger partial charge on any atom is 0.234 e. The molecule has 0 atom stereocenters. The zero-order valence-corrected chi connectivity index (χ0v) is 16.2. The molecule has 0 saturated carbocycles. The standard InChI is InChI=1S/C19H19N3O2S2/c1-3-17(23)20-14-7-8-15-16(10-14)26-19(22-15)25-11-18(24)21-13-6-4-5-12(2)9-13/h4-10H,3,11H2,1-2H3,(H,20,23)(H,21,24). The van der Waals surface area contributed by atoms with Crippen LogP contribution in [0.15, 0.2) is 46.8 Å². The number of benzene rings is 2. The van der Waals surface area contributed by atoms with Crippen LogP contribution in [-0.4, -0.2) is 22.6 Å². The number of anilines is 2. The molecule has 0 fully saturated rings. The van der Waals surface area contributed by atoms with E-state index in [1.54, 1.807) is 0 Å². The van der Waals surface area contributed by atoms with Gasteiger partial charge in [-0.25, -0.2) is 4.98 Å². The molecule has 134 valence electrons. The first kappa shape index (κ1) is 18.4. The second-order valence-electron chi connectivity index (χ2n) is 5.77. The van der Waals surface area contributed by atoms with Gasteiger partial charge in [-0.05, 0) is 42.8 Å². The topological polar surface area (TPSA) is 71.1 Å². The van der Waals surface area contributed by atoms with Crippen LogP contribution in [0.1, 0.15) is 18.9 Å². The van der Waals surface area contributed by atoms with Crippen LogP contribution in [0.25, 0.3) is 10.2 Å². The highest BCUT2D eigenvalue weighted by atomic mass is 32.2. The summed E-state index contributed by atoms with van der Waals surface area (Å²) in [6, 6.07) is 13.4. The Morgan fingerprint density at radius 2 is 1.85 bits per heavy atom. The van der Waals surface area contributed by atoms with Crippen molar-refractivity contribution in [1.29, 1.82) is 0 Å². The van der Waals surface area contributed by atoms with Gasteiger partial charge < -0.3 is 10.6 Å². The van der Waals surface area contributed by atoms with Gasteiger partial charge in [0.1, 0.15) is 0 Å². The molecule has 0 radical (unpaired) electrons. The van der Waals surface area contributed by atoms with Crippen LogP contribution >= 0.6 is 23.1 Å². The number of thioether (sulfide) groups is 1. The van der Waals surface area contributed by atoms with E-state index in [0.29, 0.717) is 12.2 Å². The summed E-state index contributed by atoms with van der Waals surface area (Å²) in [5.74, 6) is 0.222. The van der Waals surface area contributed by atoms with Crippen molar-refractivity contribution in [2.75, 3.05) is 16.4 Å². The Hall–Kier alpha value is -2.38. The van der Waals surface area contributed by atoms with Crippen molar-refractivity contribution >= 4 is 56.5 Å². The number of hydrogen-bond acceptors (Lipinski definition) is 5. The minimum absolute atomic E-state index is 0.0173. The van der Waals surface area contributed by atoms with Crippen LogP contribution in [0.2, 0.25) is 0 Å². The number of fused-ring (bicyclic) bond motifs is 1. The minimum atomic E-state index is -0.0595. The molecule has 1 heterocycles. The second-order valence-corrected chi connectivity index (χ2v) is 8.02. The summed E-state index contributed by atoms with van der Waals surface area (Å²) in [4.78, 5) is 28.2. The highest BCUT2D eigenvalue weighted by molar-refractivity contribution is 8.01. The van der Waals surface area contributed by atoms with Crippen LogP contribution in [0.3, 0.4) is 0 Å². The smallest absolute Gasteiger partial charge is 0.234 e. The second kappa shape index (κ2) is 8.33. The van der Waals surface area contributed by atoms with Gasteiger partial charge in [0.15, 0.2) is 4.34 Å². The summed E-state index contributed by atoms with van der Waals surface area (Å²) in [5.41, 5.74) is 3.54. The molecule has 0 spiro atoms. The number of aromatic nitrogens is 1. The quantitative estimate of drug-likeness (QED) is 0.604. The molecular weight excluding hydrogens is 366 g/mol. The Kier molecular flexibility index (Phi) is 5.90. The largest absolute Gasteiger partial charge is 0.326 e. The van der Waals surface area contributed by atoms with Crippen LogP contribution in [0.4, 0.5) is 11.4 Å². The Bertz CT molecular complexity index is 953. The molecule has 0 aliphatic heterocycles. The van der Waals surface area contributed by atoms with Gasteiger partial charge in [0.25, 0.3) is 0 Å². The van der Waals surface area contributed by atoms with Crippen molar-refractivity contribution in [2.24, 2.45) is 0 Å². The zero-order valence-electron chi connectivity index (χ0n) is 14.5. The molecule has 7 heteroatoms. The normalized spacial score (nSPS) is 10.7. The fourth-order valence-electron chi connectivity index (χ4n) is 2.34. The molecule has 2 amide bonds. The predicted molar refractivity (Wildman–Crippen MR) is 109 cm³/mol. The molecule has 5 nitrogen and oxygen atoms in total. The number of rotatable bonds is 6. The number of nitrogens with zero attached hydrogens (tertiary/aromatic N) is 1. The molecule has 2 aromatic carbocycles. The van der Waals surface area contributed by atoms with Crippen LogP contribution in [-0.2, 0) is 9.59 Å². The fraction of sp³-hybridized carbons (Fsp3) is 0.211. The molecule has 0 bridgehead atoms. The Balaban J connectivity index is 1.61. The molecule has 3 rings (SSSR count). The van der Waals surface area contributed by atoms with Gasteiger partial charge in [0.2, 0.25) is 11.8 Å². The average Bonchev–Trinajstić information content (AvgIpc) is 3.02. The predicted octanol–water partition coefficient (Wildman–Crippen LogP) is 4.68. The van der Waals surface area contributed by atoms with Gasteiger partial charge in [-0.3, -0.25) is 9.59 Å². The van der Waals surface area contributed by atoms with Crippen LogP contribution in [0, 0.1) is 6.92 Å². The first-order valence-electron chi connectivity index (χ1n) is 8.23. The molecule has 1 aromatic heterocycles. The van der Waals surface area contributed by atoms with Gasteiger partial charge in [0.05, 0.1) is 16.0 Å². The number of carbonyl (C=O) groups excluding carboxylic acids is 2. The number of carbonyl (C=O) groups is 2. The molecule has 3 aromatic rings. The van der Waals surface area contributed by atoms with E-state index < -0.39 is 0 Å². The van der Waals surface area contributed by atoms with Gasteiger partial charge in [-0.15, -0.1) is 11.3 Å². The summed E-state index contributed by atoms with van der Waals surface area (Å²) in [7, 11) is 0. The number of amides is 2. The van der Waals surface area contributed by atoms with Crippen molar-refractivity contribution in [3.05, 3.63) is 48.0 Å². The molecule has 0 aliphatic carbocycles. The first-order chi connectivity index (χ1) is 12.5. The summed E-state index contributed by atoms with van der Waals surface area (Å²) < 4.78 is 1.82. The van der Waals surface area contributed by atoms with E-state index in [9.17, 15) is 9.59 Å². The van der Waals surface area contributed by atoms with Gasteiger partial charge in [-0.1, -0.05) is 30.8 Å². The fourth-order valence-corrected chi connectivity index (χ4v) is 4.25. The van der Waals surface area contributed by atoms with Crippen LogP contribution in [0.5, 0.6) is 0 Å². The van der Waals surface area contributed by atoms with E-state index in [4.69, 9.17) is 0 Å². The number of hydrogen-bond donors (Lipinski definition) is 2. The van der Waals surface area contributed by atoms with Gasteiger partial charge in [0, 0.05) is 17.8 Å². The Labute approximate surface area is 160 Å². The maximum atomic E-state index is 12.1. The van der Waals surface area contributed by atoms with E-state index in [1.165, 1.54) is 23.1 Å². The lowest BCUT2D eigenvalue weighted by Gasteiger charge is -2.04. The van der Waals surface area contributed by atoms with E-state index in [2.05, 4.69) is 15.6 Å². The van der Waals surface area contributed by atoms with Crippen molar-refractivity contribution < 1.29 is 9.59 Å². The molecule has 0 aliphatic rings. The highest BCUT2D eigenvalue weighted by Crippen LogP contribution is 2.31. The first-order valence-corrected chi connectivity index (χ1v) is 10.0. The van der Waals surface area contributed by atoms with E-state index in [-0.39, 0.29) is 11.8 Å². The van der Waals surface area contributed by atoms with E-state index in [0.717, 1.165) is 31.5 Å².